The molecule has 0 radical (unpaired) electrons. The molecule has 0 aromatic carbocycles. The van der Waals surface area contributed by atoms with Gasteiger partial charge in [-0.3, -0.25) is 4.79 Å². The zero-order valence-electron chi connectivity index (χ0n) is 41.7. The summed E-state index contributed by atoms with van der Waals surface area (Å²) in [6.07, 6.45) is 7.36. The highest BCUT2D eigenvalue weighted by molar-refractivity contribution is 5.76. The Morgan fingerprint density at radius 2 is 0.943 bits per heavy atom. The van der Waals surface area contributed by atoms with Crippen molar-refractivity contribution in [3.8, 4) is 0 Å². The summed E-state index contributed by atoms with van der Waals surface area (Å²) in [7, 11) is 0. The summed E-state index contributed by atoms with van der Waals surface area (Å²) >= 11 is 0. The van der Waals surface area contributed by atoms with Gasteiger partial charge in [-0.2, -0.15) is 0 Å². The molecule has 3 aliphatic rings. The third-order valence-corrected chi connectivity index (χ3v) is 13.2. The van der Waals surface area contributed by atoms with E-state index >= 15 is 0 Å². The summed E-state index contributed by atoms with van der Waals surface area (Å²) in [6.45, 7) is 1.60. The van der Waals surface area contributed by atoms with Gasteiger partial charge in [0.25, 0.3) is 0 Å². The number of ether oxygens (including phenoxy) is 6. The number of carbonyl (C=O) groups is 1. The molecule has 3 fully saturated rings. The van der Waals surface area contributed by atoms with E-state index in [0.717, 1.165) is 89.9 Å². The summed E-state index contributed by atoms with van der Waals surface area (Å²) < 4.78 is 34.0. The first-order valence-corrected chi connectivity index (χ1v) is 26.2. The Labute approximate surface area is 415 Å². The Bertz CT molecular complexity index is 1440. The summed E-state index contributed by atoms with van der Waals surface area (Å²) in [5.41, 5.74) is 0. The van der Waals surface area contributed by atoms with E-state index in [4.69, 9.17) is 28.4 Å². The van der Waals surface area contributed by atoms with Crippen LogP contribution in [0.1, 0.15) is 149 Å². The molecule has 0 aromatic heterocycles. The molecule has 0 saturated carbocycles. The van der Waals surface area contributed by atoms with Crippen LogP contribution in [0.15, 0.2) is 36.5 Å². The van der Waals surface area contributed by atoms with Crippen molar-refractivity contribution in [2.45, 2.75) is 253 Å². The highest BCUT2D eigenvalue weighted by atomic mass is 16.8. The van der Waals surface area contributed by atoms with Crippen molar-refractivity contribution in [2.24, 2.45) is 0 Å². The molecule has 3 rings (SSSR count). The average molecular weight is 1010 g/mol. The van der Waals surface area contributed by atoms with Crippen LogP contribution < -0.4 is 5.32 Å². The van der Waals surface area contributed by atoms with E-state index < -0.39 is 124 Å². The Kier molecular flexibility index (Phi) is 32.1. The molecule has 3 saturated heterocycles. The van der Waals surface area contributed by atoms with Gasteiger partial charge >= 0.3 is 0 Å². The molecule has 0 bridgehead atoms. The average Bonchev–Trinajstić information content (AvgIpc) is 3.35. The number of rotatable bonds is 36. The van der Waals surface area contributed by atoms with Gasteiger partial charge in [-0.1, -0.05) is 127 Å². The number of carbonyl (C=O) groups excluding carboxylic acids is 1. The van der Waals surface area contributed by atoms with Gasteiger partial charge in [0.05, 0.1) is 38.6 Å². The quantitative estimate of drug-likeness (QED) is 0.0316. The normalized spacial score (nSPS) is 32.8. The lowest BCUT2D eigenvalue weighted by Crippen LogP contribution is -2.66. The second kappa shape index (κ2) is 36.0. The number of nitrogens with one attached hydrogen (secondary N) is 1. The summed E-state index contributed by atoms with van der Waals surface area (Å²) in [6, 6.07) is -0.973. The third kappa shape index (κ3) is 21.5. The Hall–Kier alpha value is -1.99. The molecule has 0 aromatic rings. The molecule has 12 N–H and O–H groups in total. The molecule has 1 amide bonds. The molecule has 19 heteroatoms. The van der Waals surface area contributed by atoms with Crippen LogP contribution in [0.5, 0.6) is 0 Å². The van der Waals surface area contributed by atoms with Gasteiger partial charge in [-0.25, -0.2) is 0 Å². The van der Waals surface area contributed by atoms with Gasteiger partial charge in [0.15, 0.2) is 18.9 Å². The molecule has 408 valence electrons. The molecule has 19 nitrogen and oxygen atoms in total. The smallest absolute Gasteiger partial charge is 0.220 e. The van der Waals surface area contributed by atoms with Crippen molar-refractivity contribution in [2.75, 3.05) is 26.4 Å². The second-order valence-corrected chi connectivity index (χ2v) is 19.0. The van der Waals surface area contributed by atoms with E-state index in [2.05, 4.69) is 43.5 Å². The van der Waals surface area contributed by atoms with Crippen LogP contribution in [-0.2, 0) is 33.2 Å². The summed E-state index contributed by atoms with van der Waals surface area (Å²) in [4.78, 5) is 13.2. The van der Waals surface area contributed by atoms with Crippen molar-refractivity contribution in [1.29, 1.82) is 0 Å². The zero-order valence-corrected chi connectivity index (χ0v) is 41.7. The lowest BCUT2D eigenvalue weighted by Gasteiger charge is -2.48. The minimum atomic E-state index is -1.98. The van der Waals surface area contributed by atoms with Gasteiger partial charge in [-0.15, -0.1) is 0 Å². The molecule has 0 spiro atoms. The monoisotopic (exact) mass is 1010 g/mol. The van der Waals surface area contributed by atoms with E-state index in [1.54, 1.807) is 6.08 Å². The van der Waals surface area contributed by atoms with E-state index in [1.165, 1.54) is 32.1 Å². The van der Waals surface area contributed by atoms with Crippen LogP contribution in [0.3, 0.4) is 0 Å². The first-order valence-electron chi connectivity index (χ1n) is 26.2. The highest BCUT2D eigenvalue weighted by Crippen LogP contribution is 2.33. The molecule has 3 heterocycles. The maximum Gasteiger partial charge on any atom is 0.220 e. The minimum Gasteiger partial charge on any atom is -0.394 e. The van der Waals surface area contributed by atoms with E-state index in [9.17, 15) is 61.0 Å². The van der Waals surface area contributed by atoms with Crippen LogP contribution in [0.2, 0.25) is 0 Å². The van der Waals surface area contributed by atoms with Crippen LogP contribution in [0.25, 0.3) is 0 Å². The van der Waals surface area contributed by atoms with Crippen molar-refractivity contribution in [1.82, 2.24) is 5.32 Å². The van der Waals surface area contributed by atoms with E-state index in [1.807, 2.05) is 6.08 Å². The maximum absolute atomic E-state index is 13.2. The molecule has 0 aliphatic carbocycles. The Balaban J connectivity index is 1.52. The van der Waals surface area contributed by atoms with Gasteiger partial charge in [0.2, 0.25) is 5.91 Å². The predicted octanol–water partition coefficient (Wildman–Crippen LogP) is 2.20. The fourth-order valence-electron chi connectivity index (χ4n) is 8.75. The van der Waals surface area contributed by atoms with Gasteiger partial charge < -0.3 is 89.9 Å². The van der Waals surface area contributed by atoms with Crippen LogP contribution >= 0.6 is 0 Å². The molecule has 3 aliphatic heterocycles. The number of amides is 1. The first kappa shape index (κ1) is 62.3. The van der Waals surface area contributed by atoms with Gasteiger partial charge in [0.1, 0.15) is 73.2 Å². The summed E-state index contributed by atoms with van der Waals surface area (Å²) in [5, 5.41) is 119. The van der Waals surface area contributed by atoms with Gasteiger partial charge in [0, 0.05) is 6.42 Å². The fourth-order valence-corrected chi connectivity index (χ4v) is 8.75. The molecular weight excluding hydrogens is 915 g/mol. The summed E-state index contributed by atoms with van der Waals surface area (Å²) in [5.74, 6) is -0.290. The predicted molar refractivity (Wildman–Crippen MR) is 259 cm³/mol. The molecule has 70 heavy (non-hydrogen) atoms. The van der Waals surface area contributed by atoms with Crippen molar-refractivity contribution in [3.05, 3.63) is 36.5 Å². The van der Waals surface area contributed by atoms with Crippen LogP contribution in [0, 0.1) is 0 Å². The largest absolute Gasteiger partial charge is 0.394 e. The van der Waals surface area contributed by atoms with Crippen LogP contribution in [0.4, 0.5) is 0 Å². The second-order valence-electron chi connectivity index (χ2n) is 19.0. The number of aliphatic hydroxyl groups excluding tert-OH is 11. The number of aliphatic hydroxyl groups is 11. The topological polar surface area (TPSA) is 307 Å². The SMILES string of the molecule is CCCCC/C=C\C/C=C\CCCCCCCCCC(=O)NC(COC1OC(CO)C(OC2OC(CO)C(OC3OC(CO)C(O)C(O)C3O)C(O)C2O)C(O)C1O)C(O)/C=C/CCCCCCCC. The Morgan fingerprint density at radius 3 is 1.49 bits per heavy atom. The van der Waals surface area contributed by atoms with Crippen molar-refractivity contribution < 1.29 is 89.4 Å². The molecular formula is C51H91NO18. The third-order valence-electron chi connectivity index (χ3n) is 13.2. The lowest BCUT2D eigenvalue weighted by molar-refractivity contribution is -0.379. The highest BCUT2D eigenvalue weighted by Gasteiger charge is 2.53. The standard InChI is InChI=1S/C51H91NO18/c1-3-5-7-9-11-13-14-15-16-17-18-19-20-21-23-25-27-29-39(57)52-34(35(56)28-26-24-22-12-10-8-6-4-2)33-65-49-45(63)42(60)47(37(31-54)67-49)70-51-46(64)43(61)48(38(32-55)68-51)69-50-44(62)41(59)40(58)36(30-53)66-50/h11,13,15-16,26,28,34-38,40-51,53-56,58-64H,3-10,12,14,17-25,27,29-33H2,1-2H3,(H,52,57)/b13-11-,16-15-,28-26+. The lowest BCUT2D eigenvalue weighted by atomic mass is 9.96. The van der Waals surface area contributed by atoms with Crippen LogP contribution in [-0.4, -0.2) is 193 Å². The van der Waals surface area contributed by atoms with Crippen molar-refractivity contribution >= 4 is 5.91 Å². The van der Waals surface area contributed by atoms with Crippen molar-refractivity contribution in [3.63, 3.8) is 0 Å². The first-order chi connectivity index (χ1) is 33.8. The Morgan fingerprint density at radius 1 is 0.514 bits per heavy atom. The minimum absolute atomic E-state index is 0.233. The van der Waals surface area contributed by atoms with Gasteiger partial charge in [-0.05, 0) is 51.4 Å². The number of hydrogen-bond donors (Lipinski definition) is 12. The maximum atomic E-state index is 13.2. The molecule has 17 unspecified atom stereocenters. The zero-order chi connectivity index (χ0) is 51.3. The van der Waals surface area contributed by atoms with E-state index in [-0.39, 0.29) is 18.9 Å². The number of unbranched alkanes of at least 4 members (excludes halogenated alkanes) is 16. The van der Waals surface area contributed by atoms with E-state index in [0.29, 0.717) is 6.42 Å². The fraction of sp³-hybridized carbons (Fsp3) is 0.863. The molecule has 17 atom stereocenters. The number of hydrogen-bond acceptors (Lipinski definition) is 18. The number of allylic oxidation sites excluding steroid dienone is 5.